The van der Waals surface area contributed by atoms with Crippen molar-refractivity contribution in [3.63, 3.8) is 0 Å². The van der Waals surface area contributed by atoms with Crippen molar-refractivity contribution < 1.29 is 9.53 Å². The predicted molar refractivity (Wildman–Crippen MR) is 122 cm³/mol. The number of carbonyl (C=O) groups is 1. The smallest absolute Gasteiger partial charge is 0.262 e. The molecule has 6 nitrogen and oxygen atoms in total. The Balaban J connectivity index is 1.53. The van der Waals surface area contributed by atoms with Crippen molar-refractivity contribution in [2.75, 3.05) is 19.4 Å². The maximum absolute atomic E-state index is 13.1. The number of ether oxygens (including phenoxy) is 1. The predicted octanol–water partition coefficient (Wildman–Crippen LogP) is 4.04. The third-order valence-corrected chi connectivity index (χ3v) is 7.19. The van der Waals surface area contributed by atoms with Crippen molar-refractivity contribution in [1.82, 2.24) is 14.5 Å². The van der Waals surface area contributed by atoms with Crippen molar-refractivity contribution in [2.45, 2.75) is 37.2 Å². The summed E-state index contributed by atoms with van der Waals surface area (Å²) in [6.45, 7) is 1.68. The molecule has 1 atom stereocenters. The van der Waals surface area contributed by atoms with Crippen LogP contribution in [0.1, 0.15) is 17.7 Å². The summed E-state index contributed by atoms with van der Waals surface area (Å²) in [4.78, 5) is 33.1. The van der Waals surface area contributed by atoms with E-state index in [1.54, 1.807) is 22.6 Å². The Hall–Kier alpha value is -1.87. The minimum absolute atomic E-state index is 0.00645. The number of hydrogen-bond acceptors (Lipinski definition) is 6. The molecule has 0 bridgehead atoms. The van der Waals surface area contributed by atoms with Gasteiger partial charge in [-0.05, 0) is 37.1 Å². The summed E-state index contributed by atoms with van der Waals surface area (Å²) < 4.78 is 8.10. The quantitative estimate of drug-likeness (QED) is 0.391. The van der Waals surface area contributed by atoms with E-state index < -0.39 is 0 Å². The molecule has 1 saturated heterocycles. The highest BCUT2D eigenvalue weighted by atomic mass is 35.5. The molecule has 0 saturated carbocycles. The third-order valence-electron chi connectivity index (χ3n) is 5.01. The number of nitrogens with zero attached hydrogens (tertiary/aromatic N) is 3. The van der Waals surface area contributed by atoms with Crippen LogP contribution in [0.15, 0.2) is 46.3 Å². The van der Waals surface area contributed by atoms with Gasteiger partial charge in [-0.15, -0.1) is 11.3 Å². The van der Waals surface area contributed by atoms with Crippen molar-refractivity contribution in [1.29, 1.82) is 0 Å². The number of thioether (sulfide) groups is 1. The van der Waals surface area contributed by atoms with Gasteiger partial charge in [0.25, 0.3) is 5.56 Å². The van der Waals surface area contributed by atoms with Crippen LogP contribution in [0.4, 0.5) is 0 Å². The molecule has 0 N–H and O–H groups in total. The number of hydrogen-bond donors (Lipinski definition) is 0. The molecule has 9 heteroatoms. The van der Waals surface area contributed by atoms with Crippen LogP contribution in [0.2, 0.25) is 4.34 Å². The Labute approximate surface area is 187 Å². The van der Waals surface area contributed by atoms with Crippen molar-refractivity contribution >= 4 is 51.5 Å². The lowest BCUT2D eigenvalue weighted by molar-refractivity contribution is -0.127. The van der Waals surface area contributed by atoms with Gasteiger partial charge in [0, 0.05) is 18.5 Å². The van der Waals surface area contributed by atoms with Gasteiger partial charge in [-0.25, -0.2) is 4.98 Å². The second-order valence-corrected chi connectivity index (χ2v) is 9.95. The fourth-order valence-electron chi connectivity index (χ4n) is 3.41. The summed E-state index contributed by atoms with van der Waals surface area (Å²) in [7, 11) is 1.77. The van der Waals surface area contributed by atoms with E-state index in [4.69, 9.17) is 16.3 Å². The van der Waals surface area contributed by atoms with Gasteiger partial charge in [0.2, 0.25) is 5.91 Å². The van der Waals surface area contributed by atoms with Gasteiger partial charge < -0.3 is 9.64 Å². The van der Waals surface area contributed by atoms with E-state index in [-0.39, 0.29) is 23.3 Å². The van der Waals surface area contributed by atoms with Crippen LogP contribution in [0.5, 0.6) is 0 Å². The molecule has 0 aliphatic carbocycles. The number of benzene rings is 1. The van der Waals surface area contributed by atoms with E-state index in [9.17, 15) is 9.59 Å². The summed E-state index contributed by atoms with van der Waals surface area (Å²) in [5, 5.41) is 1.13. The molecule has 30 heavy (non-hydrogen) atoms. The highest BCUT2D eigenvalue weighted by Crippen LogP contribution is 2.24. The number of rotatable bonds is 7. The van der Waals surface area contributed by atoms with Gasteiger partial charge >= 0.3 is 0 Å². The molecule has 1 aliphatic rings. The maximum Gasteiger partial charge on any atom is 0.262 e. The van der Waals surface area contributed by atoms with Crippen LogP contribution >= 0.6 is 34.7 Å². The number of carbonyl (C=O) groups excluding carboxylic acids is 1. The average molecular weight is 464 g/mol. The summed E-state index contributed by atoms with van der Waals surface area (Å²) in [6, 6.07) is 11.1. The Bertz CT molecular complexity index is 1110. The second kappa shape index (κ2) is 9.51. The zero-order valence-corrected chi connectivity index (χ0v) is 18.9. The highest BCUT2D eigenvalue weighted by Gasteiger charge is 2.21. The number of para-hydroxylation sites is 1. The van der Waals surface area contributed by atoms with Crippen molar-refractivity contribution in [2.24, 2.45) is 0 Å². The molecule has 3 aromatic rings. The molecule has 0 radical (unpaired) electrons. The number of halogens is 1. The van der Waals surface area contributed by atoms with Gasteiger partial charge in [0.1, 0.15) is 0 Å². The van der Waals surface area contributed by atoms with Crippen molar-refractivity contribution in [3.8, 4) is 0 Å². The van der Waals surface area contributed by atoms with E-state index in [1.165, 1.54) is 23.1 Å². The van der Waals surface area contributed by atoms with Crippen LogP contribution in [0.3, 0.4) is 0 Å². The third kappa shape index (κ3) is 4.88. The molecular formula is C21H22ClN3O3S2. The van der Waals surface area contributed by atoms with Crippen LogP contribution in [-0.4, -0.2) is 45.9 Å². The van der Waals surface area contributed by atoms with E-state index in [0.29, 0.717) is 33.5 Å². The summed E-state index contributed by atoms with van der Waals surface area (Å²) in [5.74, 6) is 0.168. The first-order valence-electron chi connectivity index (χ1n) is 9.73. The van der Waals surface area contributed by atoms with Gasteiger partial charge in [-0.1, -0.05) is 35.5 Å². The van der Waals surface area contributed by atoms with Crippen LogP contribution in [0, 0.1) is 0 Å². The highest BCUT2D eigenvalue weighted by molar-refractivity contribution is 7.99. The number of aromatic nitrogens is 2. The van der Waals surface area contributed by atoms with Crippen LogP contribution in [-0.2, 0) is 22.6 Å². The van der Waals surface area contributed by atoms with Crippen molar-refractivity contribution in [3.05, 3.63) is 56.0 Å². The van der Waals surface area contributed by atoms with Gasteiger partial charge in [0.15, 0.2) is 5.16 Å². The average Bonchev–Trinajstić information content (AvgIpc) is 3.40. The first-order chi connectivity index (χ1) is 14.5. The fourth-order valence-corrected chi connectivity index (χ4v) is 5.50. The summed E-state index contributed by atoms with van der Waals surface area (Å²) >= 11 is 8.73. The van der Waals surface area contributed by atoms with Gasteiger partial charge in [-0.2, -0.15) is 0 Å². The fraction of sp³-hybridized carbons (Fsp3) is 0.381. The normalized spacial score (nSPS) is 16.3. The molecule has 3 heterocycles. The molecule has 0 unspecified atom stereocenters. The Kier molecular flexibility index (Phi) is 6.77. The minimum Gasteiger partial charge on any atom is -0.376 e. The molecule has 4 rings (SSSR count). The Morgan fingerprint density at radius 3 is 2.93 bits per heavy atom. The zero-order valence-electron chi connectivity index (χ0n) is 16.5. The SMILES string of the molecule is CN(Cc1ccc(Cl)s1)C(=O)CSc1nc2ccccc2c(=O)n1C[C@@H]1CCCO1. The van der Waals surface area contributed by atoms with E-state index in [0.717, 1.165) is 24.3 Å². The first-order valence-corrected chi connectivity index (χ1v) is 11.9. The Morgan fingerprint density at radius 2 is 2.20 bits per heavy atom. The molecule has 1 aliphatic heterocycles. The number of fused-ring (bicyclic) bond motifs is 1. The molecule has 0 spiro atoms. The largest absolute Gasteiger partial charge is 0.376 e. The molecule has 1 aromatic carbocycles. The summed E-state index contributed by atoms with van der Waals surface area (Å²) in [5.41, 5.74) is 0.551. The van der Waals surface area contributed by atoms with E-state index >= 15 is 0 Å². The van der Waals surface area contributed by atoms with E-state index in [2.05, 4.69) is 4.98 Å². The molecule has 2 aromatic heterocycles. The standard InChI is InChI=1S/C21H22ClN3O3S2/c1-24(12-15-8-9-18(22)30-15)19(26)13-29-21-23-17-7-3-2-6-16(17)20(27)25(21)11-14-5-4-10-28-14/h2-3,6-9,14H,4-5,10-13H2,1H3/t14-/m0/s1. The van der Waals surface area contributed by atoms with Gasteiger partial charge in [0.05, 0.1) is 40.2 Å². The zero-order chi connectivity index (χ0) is 21.1. The molecular weight excluding hydrogens is 442 g/mol. The first kappa shape index (κ1) is 21.4. The van der Waals surface area contributed by atoms with Gasteiger partial charge in [-0.3, -0.25) is 14.2 Å². The molecule has 1 amide bonds. The topological polar surface area (TPSA) is 64.4 Å². The second-order valence-electron chi connectivity index (χ2n) is 7.21. The Morgan fingerprint density at radius 1 is 1.37 bits per heavy atom. The lowest BCUT2D eigenvalue weighted by atomic mass is 10.2. The maximum atomic E-state index is 13.1. The lowest BCUT2D eigenvalue weighted by Crippen LogP contribution is -2.30. The summed E-state index contributed by atoms with van der Waals surface area (Å²) in [6.07, 6.45) is 1.93. The van der Waals surface area contributed by atoms with Crippen LogP contribution < -0.4 is 5.56 Å². The van der Waals surface area contributed by atoms with Crippen LogP contribution in [0.25, 0.3) is 10.9 Å². The number of amides is 1. The molecule has 1 fully saturated rings. The number of thiophene rings is 1. The molecule has 158 valence electrons. The lowest BCUT2D eigenvalue weighted by Gasteiger charge is -2.18. The minimum atomic E-state index is -0.0902. The monoisotopic (exact) mass is 463 g/mol. The van der Waals surface area contributed by atoms with E-state index in [1.807, 2.05) is 30.3 Å².